The van der Waals surface area contributed by atoms with Gasteiger partial charge in [-0.15, -0.1) is 0 Å². The first kappa shape index (κ1) is 15.3. The summed E-state index contributed by atoms with van der Waals surface area (Å²) in [5.74, 6) is 0. The fourth-order valence-electron chi connectivity index (χ4n) is 2.53. The molecule has 4 heteroatoms. The van der Waals surface area contributed by atoms with Gasteiger partial charge in [-0.25, -0.2) is 0 Å². The molecule has 1 unspecified atom stereocenters. The van der Waals surface area contributed by atoms with Crippen molar-refractivity contribution in [3.8, 4) is 0 Å². The minimum absolute atomic E-state index is 0.230. The Morgan fingerprint density at radius 3 is 2.70 bits per heavy atom. The zero-order chi connectivity index (χ0) is 14.4. The number of morpholine rings is 1. The van der Waals surface area contributed by atoms with Crippen molar-refractivity contribution in [2.45, 2.75) is 26.0 Å². The van der Waals surface area contributed by atoms with E-state index in [2.05, 4.69) is 41.1 Å². The van der Waals surface area contributed by atoms with Gasteiger partial charge in [0.1, 0.15) is 0 Å². The summed E-state index contributed by atoms with van der Waals surface area (Å²) in [5.41, 5.74) is 2.67. The van der Waals surface area contributed by atoms with Gasteiger partial charge in [0.05, 0.1) is 19.3 Å². The number of nitrogens with zero attached hydrogens (tertiary/aromatic N) is 2. The van der Waals surface area contributed by atoms with Gasteiger partial charge in [0.25, 0.3) is 0 Å². The Hall–Kier alpha value is -1.10. The minimum atomic E-state index is -0.230. The molecule has 1 saturated heterocycles. The molecular weight excluding hydrogens is 252 g/mol. The van der Waals surface area contributed by atoms with Gasteiger partial charge in [-0.2, -0.15) is 0 Å². The maximum atomic E-state index is 9.38. The number of rotatable bonds is 6. The highest BCUT2D eigenvalue weighted by atomic mass is 16.5. The quantitative estimate of drug-likeness (QED) is 0.859. The SMILES string of the molecule is CC(O)CCN(C)Cc1ccccc1N1CCOCC1. The lowest BCUT2D eigenvalue weighted by atomic mass is 10.1. The molecule has 0 bridgehead atoms. The van der Waals surface area contributed by atoms with E-state index in [0.29, 0.717) is 0 Å². The van der Waals surface area contributed by atoms with E-state index in [-0.39, 0.29) is 6.10 Å². The molecule has 1 aromatic carbocycles. The fraction of sp³-hybridized carbons (Fsp3) is 0.625. The molecule has 4 nitrogen and oxygen atoms in total. The average Bonchev–Trinajstić information content (AvgIpc) is 2.47. The van der Waals surface area contributed by atoms with Crippen LogP contribution >= 0.6 is 0 Å². The zero-order valence-electron chi connectivity index (χ0n) is 12.6. The summed E-state index contributed by atoms with van der Waals surface area (Å²) < 4.78 is 5.43. The van der Waals surface area contributed by atoms with Crippen LogP contribution in [0.15, 0.2) is 24.3 Å². The Morgan fingerprint density at radius 2 is 2.00 bits per heavy atom. The second-order valence-corrected chi connectivity index (χ2v) is 5.60. The summed E-state index contributed by atoms with van der Waals surface area (Å²) >= 11 is 0. The van der Waals surface area contributed by atoms with E-state index in [9.17, 15) is 5.11 Å². The smallest absolute Gasteiger partial charge is 0.0642 e. The summed E-state index contributed by atoms with van der Waals surface area (Å²) in [6.07, 6.45) is 0.586. The van der Waals surface area contributed by atoms with Crippen molar-refractivity contribution in [3.05, 3.63) is 29.8 Å². The third-order valence-corrected chi connectivity index (χ3v) is 3.71. The minimum Gasteiger partial charge on any atom is -0.393 e. The lowest BCUT2D eigenvalue weighted by Gasteiger charge is -2.31. The molecule has 0 radical (unpaired) electrons. The highest BCUT2D eigenvalue weighted by molar-refractivity contribution is 5.53. The largest absolute Gasteiger partial charge is 0.393 e. The van der Waals surface area contributed by atoms with Gasteiger partial charge in [-0.1, -0.05) is 18.2 Å². The van der Waals surface area contributed by atoms with Crippen molar-refractivity contribution < 1.29 is 9.84 Å². The van der Waals surface area contributed by atoms with Gasteiger partial charge in [0.15, 0.2) is 0 Å². The average molecular weight is 278 g/mol. The van der Waals surface area contributed by atoms with Crippen LogP contribution < -0.4 is 4.90 Å². The number of para-hydroxylation sites is 1. The van der Waals surface area contributed by atoms with Crippen molar-refractivity contribution in [2.24, 2.45) is 0 Å². The molecule has 0 amide bonds. The van der Waals surface area contributed by atoms with Crippen LogP contribution in [0.25, 0.3) is 0 Å². The standard InChI is InChI=1S/C16H26N2O2/c1-14(19)7-8-17(2)13-15-5-3-4-6-16(15)18-9-11-20-12-10-18/h3-6,14,19H,7-13H2,1-2H3. The monoisotopic (exact) mass is 278 g/mol. The van der Waals surface area contributed by atoms with Crippen molar-refractivity contribution in [3.63, 3.8) is 0 Å². The molecule has 0 spiro atoms. The van der Waals surface area contributed by atoms with E-state index in [4.69, 9.17) is 4.74 Å². The Balaban J connectivity index is 1.99. The number of aliphatic hydroxyl groups is 1. The molecule has 20 heavy (non-hydrogen) atoms. The molecule has 0 aliphatic carbocycles. The Bertz CT molecular complexity index is 403. The zero-order valence-corrected chi connectivity index (χ0v) is 12.6. The molecule has 1 N–H and O–H groups in total. The number of aliphatic hydroxyl groups excluding tert-OH is 1. The first-order chi connectivity index (χ1) is 9.66. The molecule has 1 fully saturated rings. The van der Waals surface area contributed by atoms with E-state index in [1.54, 1.807) is 0 Å². The molecule has 1 heterocycles. The molecule has 112 valence electrons. The van der Waals surface area contributed by atoms with Crippen molar-refractivity contribution in [1.82, 2.24) is 4.90 Å². The molecule has 0 saturated carbocycles. The summed E-state index contributed by atoms with van der Waals surface area (Å²) in [7, 11) is 2.11. The maximum absolute atomic E-state index is 9.38. The van der Waals surface area contributed by atoms with Gasteiger partial charge in [0, 0.05) is 31.9 Å². The lowest BCUT2D eigenvalue weighted by Crippen LogP contribution is -2.37. The molecule has 1 aromatic rings. The van der Waals surface area contributed by atoms with Crippen molar-refractivity contribution in [2.75, 3.05) is 44.8 Å². The molecule has 1 aliphatic heterocycles. The van der Waals surface area contributed by atoms with E-state index >= 15 is 0 Å². The lowest BCUT2D eigenvalue weighted by molar-refractivity contribution is 0.122. The van der Waals surface area contributed by atoms with Gasteiger partial charge in [-0.3, -0.25) is 0 Å². The van der Waals surface area contributed by atoms with Gasteiger partial charge >= 0.3 is 0 Å². The van der Waals surface area contributed by atoms with Crippen molar-refractivity contribution >= 4 is 5.69 Å². The number of hydrogen-bond acceptors (Lipinski definition) is 4. The van der Waals surface area contributed by atoms with Crippen LogP contribution in [0.4, 0.5) is 5.69 Å². The third kappa shape index (κ3) is 4.47. The van der Waals surface area contributed by atoms with Crippen LogP contribution in [-0.4, -0.2) is 56.0 Å². The molecule has 1 atom stereocenters. The summed E-state index contributed by atoms with van der Waals surface area (Å²) in [6.45, 7) is 7.23. The number of anilines is 1. The maximum Gasteiger partial charge on any atom is 0.0642 e. The number of benzene rings is 1. The van der Waals surface area contributed by atoms with Crippen LogP contribution in [0.1, 0.15) is 18.9 Å². The third-order valence-electron chi connectivity index (χ3n) is 3.71. The highest BCUT2D eigenvalue weighted by Gasteiger charge is 2.15. The summed E-state index contributed by atoms with van der Waals surface area (Å²) in [6, 6.07) is 8.60. The van der Waals surface area contributed by atoms with E-state index in [1.165, 1.54) is 11.3 Å². The molecule has 1 aliphatic rings. The molecule has 2 rings (SSSR count). The van der Waals surface area contributed by atoms with Crippen LogP contribution in [-0.2, 0) is 11.3 Å². The predicted octanol–water partition coefficient (Wildman–Crippen LogP) is 1.73. The topological polar surface area (TPSA) is 35.9 Å². The second kappa shape index (κ2) is 7.62. The van der Waals surface area contributed by atoms with Crippen LogP contribution in [0.2, 0.25) is 0 Å². The predicted molar refractivity (Wildman–Crippen MR) is 82.1 cm³/mol. The van der Waals surface area contributed by atoms with Crippen LogP contribution in [0, 0.1) is 0 Å². The Morgan fingerprint density at radius 1 is 1.30 bits per heavy atom. The second-order valence-electron chi connectivity index (χ2n) is 5.60. The van der Waals surface area contributed by atoms with E-state index in [1.807, 2.05) is 6.92 Å². The first-order valence-corrected chi connectivity index (χ1v) is 7.44. The Labute approximate surface area is 122 Å². The van der Waals surface area contributed by atoms with Gasteiger partial charge < -0.3 is 19.6 Å². The summed E-state index contributed by atoms with van der Waals surface area (Å²) in [4.78, 5) is 4.67. The van der Waals surface area contributed by atoms with E-state index < -0.39 is 0 Å². The first-order valence-electron chi connectivity index (χ1n) is 7.44. The molecular formula is C16H26N2O2. The Kier molecular flexibility index (Phi) is 5.83. The number of hydrogen-bond donors (Lipinski definition) is 1. The van der Waals surface area contributed by atoms with Crippen LogP contribution in [0.5, 0.6) is 0 Å². The summed E-state index contributed by atoms with van der Waals surface area (Å²) in [5, 5.41) is 9.38. The van der Waals surface area contributed by atoms with Crippen LogP contribution in [0.3, 0.4) is 0 Å². The van der Waals surface area contributed by atoms with Crippen molar-refractivity contribution in [1.29, 1.82) is 0 Å². The normalized spacial score (nSPS) is 17.5. The van der Waals surface area contributed by atoms with Gasteiger partial charge in [0.2, 0.25) is 0 Å². The van der Waals surface area contributed by atoms with E-state index in [0.717, 1.165) is 45.8 Å². The van der Waals surface area contributed by atoms with Gasteiger partial charge in [-0.05, 0) is 32.0 Å². The fourth-order valence-corrected chi connectivity index (χ4v) is 2.53. The molecule has 0 aromatic heterocycles. The highest BCUT2D eigenvalue weighted by Crippen LogP contribution is 2.22. The number of ether oxygens (including phenoxy) is 1.